The van der Waals surface area contributed by atoms with Gasteiger partial charge in [0, 0.05) is 16.4 Å². The van der Waals surface area contributed by atoms with Crippen molar-refractivity contribution in [1.82, 2.24) is 0 Å². The maximum Gasteiger partial charge on any atom is 0.341 e. The number of thiophene rings is 1. The number of halogens is 1. The van der Waals surface area contributed by atoms with Gasteiger partial charge < -0.3 is 10.1 Å². The van der Waals surface area contributed by atoms with E-state index >= 15 is 0 Å². The van der Waals surface area contributed by atoms with E-state index in [9.17, 15) is 14.0 Å². The zero-order chi connectivity index (χ0) is 19.4. The van der Waals surface area contributed by atoms with Gasteiger partial charge in [-0.15, -0.1) is 11.3 Å². The van der Waals surface area contributed by atoms with Crippen LogP contribution in [0.1, 0.15) is 54.3 Å². The molecule has 1 aromatic heterocycles. The van der Waals surface area contributed by atoms with E-state index in [-0.39, 0.29) is 24.2 Å². The second-order valence-electron chi connectivity index (χ2n) is 6.79. The van der Waals surface area contributed by atoms with Crippen molar-refractivity contribution < 1.29 is 18.7 Å². The number of esters is 1. The van der Waals surface area contributed by atoms with Crippen molar-refractivity contribution in [3.63, 3.8) is 0 Å². The van der Waals surface area contributed by atoms with Crippen molar-refractivity contribution in [1.29, 1.82) is 0 Å². The van der Waals surface area contributed by atoms with Crippen molar-refractivity contribution >= 4 is 28.2 Å². The van der Waals surface area contributed by atoms with Gasteiger partial charge >= 0.3 is 5.97 Å². The summed E-state index contributed by atoms with van der Waals surface area (Å²) in [5.74, 6) is -0.854. The third-order valence-corrected chi connectivity index (χ3v) is 5.93. The Morgan fingerprint density at radius 2 is 1.85 bits per heavy atom. The number of carbonyl (C=O) groups excluding carboxylic acids is 2. The topological polar surface area (TPSA) is 55.4 Å². The molecule has 0 radical (unpaired) electrons. The minimum atomic E-state index is -0.472. The molecule has 1 aliphatic rings. The fraction of sp³-hybridized carbons (Fsp3) is 0.429. The predicted molar refractivity (Wildman–Crippen MR) is 106 cm³/mol. The molecule has 1 saturated carbocycles. The van der Waals surface area contributed by atoms with Crippen LogP contribution in [-0.4, -0.2) is 18.5 Å². The number of amides is 1. The van der Waals surface area contributed by atoms with Gasteiger partial charge in [0.1, 0.15) is 16.4 Å². The molecule has 0 aliphatic heterocycles. The number of hydrogen-bond acceptors (Lipinski definition) is 4. The zero-order valence-electron chi connectivity index (χ0n) is 15.6. The maximum atomic E-state index is 13.3. The fourth-order valence-electron chi connectivity index (χ4n) is 3.57. The number of ether oxygens (including phenoxy) is 1. The summed E-state index contributed by atoms with van der Waals surface area (Å²) in [4.78, 5) is 26.2. The Morgan fingerprint density at radius 3 is 2.48 bits per heavy atom. The average molecular weight is 389 g/mol. The number of benzene rings is 1. The lowest BCUT2D eigenvalue weighted by Gasteiger charge is -2.20. The number of hydrogen-bond donors (Lipinski definition) is 1. The number of carbonyl (C=O) groups is 2. The Labute approximate surface area is 162 Å². The molecule has 6 heteroatoms. The van der Waals surface area contributed by atoms with Crippen LogP contribution in [0.4, 0.5) is 9.39 Å². The van der Waals surface area contributed by atoms with Crippen LogP contribution in [0, 0.1) is 18.7 Å². The molecule has 1 N–H and O–H groups in total. The third-order valence-electron chi connectivity index (χ3n) is 4.91. The van der Waals surface area contributed by atoms with Crippen LogP contribution in [-0.2, 0) is 9.53 Å². The highest BCUT2D eigenvalue weighted by molar-refractivity contribution is 7.17. The van der Waals surface area contributed by atoms with Gasteiger partial charge in [0.25, 0.3) is 0 Å². The van der Waals surface area contributed by atoms with Crippen LogP contribution in [0.2, 0.25) is 0 Å². The number of nitrogens with one attached hydrogen (secondary N) is 1. The lowest BCUT2D eigenvalue weighted by molar-refractivity contribution is -0.120. The van der Waals surface area contributed by atoms with Crippen LogP contribution in [0.25, 0.3) is 11.1 Å². The SMILES string of the molecule is CCOC(=O)c1c(NC(=O)C2CCCCC2)sc(C)c1-c1ccc(F)cc1. The number of aryl methyl sites for hydroxylation is 1. The Balaban J connectivity index is 1.97. The molecule has 1 aromatic carbocycles. The van der Waals surface area contributed by atoms with E-state index in [2.05, 4.69) is 5.32 Å². The molecule has 1 fully saturated rings. The van der Waals surface area contributed by atoms with E-state index in [4.69, 9.17) is 4.74 Å². The molecule has 1 aliphatic carbocycles. The van der Waals surface area contributed by atoms with E-state index in [0.29, 0.717) is 16.1 Å². The summed E-state index contributed by atoms with van der Waals surface area (Å²) < 4.78 is 18.6. The Kier molecular flexibility index (Phi) is 6.26. The van der Waals surface area contributed by atoms with E-state index in [1.54, 1.807) is 19.1 Å². The lowest BCUT2D eigenvalue weighted by atomic mass is 9.88. The number of rotatable bonds is 5. The highest BCUT2D eigenvalue weighted by Gasteiger charge is 2.28. The van der Waals surface area contributed by atoms with Crippen LogP contribution in [0.15, 0.2) is 24.3 Å². The molecule has 4 nitrogen and oxygen atoms in total. The van der Waals surface area contributed by atoms with Crippen LogP contribution < -0.4 is 5.32 Å². The molecule has 0 atom stereocenters. The smallest absolute Gasteiger partial charge is 0.341 e. The quantitative estimate of drug-likeness (QED) is 0.681. The Hall–Kier alpha value is -2.21. The fourth-order valence-corrected chi connectivity index (χ4v) is 4.64. The molecule has 0 saturated heterocycles. The summed E-state index contributed by atoms with van der Waals surface area (Å²) in [6.07, 6.45) is 5.07. The second-order valence-corrected chi connectivity index (χ2v) is 8.01. The van der Waals surface area contributed by atoms with Crippen LogP contribution in [0.5, 0.6) is 0 Å². The van der Waals surface area contributed by atoms with Gasteiger partial charge in [0.2, 0.25) is 5.91 Å². The highest BCUT2D eigenvalue weighted by Crippen LogP contribution is 2.41. The molecule has 2 aromatic rings. The first-order valence-corrected chi connectivity index (χ1v) is 10.2. The molecule has 3 rings (SSSR count). The largest absolute Gasteiger partial charge is 0.462 e. The van der Waals surface area contributed by atoms with Crippen molar-refractivity contribution in [3.8, 4) is 11.1 Å². The van der Waals surface area contributed by atoms with Crippen molar-refractivity contribution in [2.24, 2.45) is 5.92 Å². The first kappa shape index (κ1) is 19.5. The molecular weight excluding hydrogens is 365 g/mol. The molecule has 1 heterocycles. The van der Waals surface area contributed by atoms with Crippen molar-refractivity contribution in [2.75, 3.05) is 11.9 Å². The monoisotopic (exact) mass is 389 g/mol. The van der Waals surface area contributed by atoms with Gasteiger partial charge in [-0.05, 0) is 44.4 Å². The summed E-state index contributed by atoms with van der Waals surface area (Å²) in [5, 5.41) is 3.48. The first-order valence-electron chi connectivity index (χ1n) is 9.38. The average Bonchev–Trinajstić information content (AvgIpc) is 2.99. The molecule has 27 heavy (non-hydrogen) atoms. The number of anilines is 1. The summed E-state index contributed by atoms with van der Waals surface area (Å²) in [6, 6.07) is 6.00. The Morgan fingerprint density at radius 1 is 1.19 bits per heavy atom. The summed E-state index contributed by atoms with van der Waals surface area (Å²) in [7, 11) is 0. The van der Waals surface area contributed by atoms with Gasteiger partial charge in [0.05, 0.1) is 6.61 Å². The minimum absolute atomic E-state index is 0.00882. The van der Waals surface area contributed by atoms with E-state index in [1.165, 1.54) is 29.9 Å². The minimum Gasteiger partial charge on any atom is -0.462 e. The second kappa shape index (κ2) is 8.65. The summed E-state index contributed by atoms with van der Waals surface area (Å²) in [6.45, 7) is 3.88. The van der Waals surface area contributed by atoms with E-state index in [0.717, 1.165) is 36.1 Å². The van der Waals surface area contributed by atoms with E-state index < -0.39 is 5.97 Å². The van der Waals surface area contributed by atoms with Crippen LogP contribution >= 0.6 is 11.3 Å². The van der Waals surface area contributed by atoms with E-state index in [1.807, 2.05) is 6.92 Å². The normalized spacial score (nSPS) is 14.8. The van der Waals surface area contributed by atoms with Gasteiger partial charge in [-0.3, -0.25) is 4.79 Å². The van der Waals surface area contributed by atoms with Crippen molar-refractivity contribution in [2.45, 2.75) is 46.0 Å². The van der Waals surface area contributed by atoms with Gasteiger partial charge in [-0.25, -0.2) is 9.18 Å². The maximum absolute atomic E-state index is 13.3. The zero-order valence-corrected chi connectivity index (χ0v) is 16.5. The highest BCUT2D eigenvalue weighted by atomic mass is 32.1. The molecular formula is C21H24FNO3S. The molecule has 0 unspecified atom stereocenters. The standard InChI is InChI=1S/C21H24FNO3S/c1-3-26-21(25)18-17(14-9-11-16(22)12-10-14)13(2)27-20(18)23-19(24)15-7-5-4-6-8-15/h9-12,15H,3-8H2,1-2H3,(H,23,24). The van der Waals surface area contributed by atoms with Gasteiger partial charge in [-0.1, -0.05) is 31.4 Å². The summed E-state index contributed by atoms with van der Waals surface area (Å²) >= 11 is 1.36. The molecule has 0 bridgehead atoms. The molecule has 1 amide bonds. The summed E-state index contributed by atoms with van der Waals surface area (Å²) in [5.41, 5.74) is 1.78. The third kappa shape index (κ3) is 4.38. The molecule has 0 spiro atoms. The van der Waals surface area contributed by atoms with Crippen molar-refractivity contribution in [3.05, 3.63) is 40.5 Å². The van der Waals surface area contributed by atoms with Crippen LogP contribution in [0.3, 0.4) is 0 Å². The van der Waals surface area contributed by atoms with Gasteiger partial charge in [0.15, 0.2) is 0 Å². The molecule has 144 valence electrons. The first-order chi connectivity index (χ1) is 13.0. The lowest BCUT2D eigenvalue weighted by Crippen LogP contribution is -2.25. The van der Waals surface area contributed by atoms with Gasteiger partial charge in [-0.2, -0.15) is 0 Å². The predicted octanol–water partition coefficient (Wildman–Crippen LogP) is 5.56. The Bertz CT molecular complexity index is 823.